The van der Waals surface area contributed by atoms with E-state index in [0.717, 1.165) is 21.7 Å². The molecule has 3 N–H and O–H groups in total. The van der Waals surface area contributed by atoms with Gasteiger partial charge in [0.1, 0.15) is 5.25 Å². The van der Waals surface area contributed by atoms with Gasteiger partial charge in [-0.1, -0.05) is 66.2 Å². The van der Waals surface area contributed by atoms with Crippen molar-refractivity contribution >= 4 is 39.8 Å². The van der Waals surface area contributed by atoms with Gasteiger partial charge in [-0.15, -0.1) is 23.1 Å². The minimum atomic E-state index is -0.417. The van der Waals surface area contributed by atoms with Gasteiger partial charge in [-0.25, -0.2) is 4.98 Å². The first-order valence-corrected chi connectivity index (χ1v) is 11.2. The number of hydrogen-bond acceptors (Lipinski definition) is 5. The zero-order valence-corrected chi connectivity index (χ0v) is 18.0. The Morgan fingerprint density at radius 3 is 2.53 bits per heavy atom. The van der Waals surface area contributed by atoms with E-state index in [9.17, 15) is 4.79 Å². The summed E-state index contributed by atoms with van der Waals surface area (Å²) in [7, 11) is 0. The van der Waals surface area contributed by atoms with Crippen LogP contribution in [0.4, 0.5) is 10.8 Å². The number of amides is 1. The Kier molecular flexibility index (Phi) is 6.16. The third-order valence-corrected chi connectivity index (χ3v) is 6.54. The smallest absolute Gasteiger partial charge is 0.244 e. The number of hydrogen-bond donors (Lipinski definition) is 2. The fourth-order valence-corrected chi connectivity index (χ4v) is 4.80. The number of nitrogens with two attached hydrogens (primary N) is 1. The van der Waals surface area contributed by atoms with Crippen molar-refractivity contribution in [2.24, 2.45) is 0 Å². The number of anilines is 2. The highest BCUT2D eigenvalue weighted by atomic mass is 32.2. The number of rotatable bonds is 6. The van der Waals surface area contributed by atoms with Gasteiger partial charge in [0.25, 0.3) is 0 Å². The highest BCUT2D eigenvalue weighted by Gasteiger charge is 2.23. The monoisotopic (exact) mass is 431 g/mol. The Morgan fingerprint density at radius 2 is 1.80 bits per heavy atom. The number of carbonyl (C=O) groups is 1. The van der Waals surface area contributed by atoms with Crippen molar-refractivity contribution in [3.8, 4) is 11.3 Å². The number of nitrogens with one attached hydrogen (secondary N) is 1. The third kappa shape index (κ3) is 4.90. The molecule has 4 rings (SSSR count). The molecule has 0 saturated heterocycles. The first-order chi connectivity index (χ1) is 14.6. The molecule has 0 bridgehead atoms. The maximum absolute atomic E-state index is 13.2. The normalized spacial score (nSPS) is 11.8. The van der Waals surface area contributed by atoms with Crippen molar-refractivity contribution < 1.29 is 4.79 Å². The van der Waals surface area contributed by atoms with Crippen molar-refractivity contribution in [2.45, 2.75) is 17.1 Å². The van der Waals surface area contributed by atoms with Crippen molar-refractivity contribution in [1.29, 1.82) is 0 Å². The molecular weight excluding hydrogens is 410 g/mol. The van der Waals surface area contributed by atoms with Gasteiger partial charge in [-0.05, 0) is 30.7 Å². The summed E-state index contributed by atoms with van der Waals surface area (Å²) >= 11 is 2.90. The second-order valence-electron chi connectivity index (χ2n) is 6.87. The Balaban J connectivity index is 1.55. The van der Waals surface area contributed by atoms with E-state index in [1.165, 1.54) is 28.7 Å². The van der Waals surface area contributed by atoms with Crippen LogP contribution < -0.4 is 11.1 Å². The first-order valence-electron chi connectivity index (χ1n) is 9.49. The lowest BCUT2D eigenvalue weighted by molar-refractivity contribution is -0.115. The predicted molar refractivity (Wildman–Crippen MR) is 127 cm³/mol. The highest BCUT2D eigenvalue weighted by molar-refractivity contribution is 8.00. The minimum absolute atomic E-state index is 0.113. The van der Waals surface area contributed by atoms with E-state index >= 15 is 0 Å². The van der Waals surface area contributed by atoms with Crippen molar-refractivity contribution in [2.75, 3.05) is 11.1 Å². The molecule has 4 nitrogen and oxygen atoms in total. The lowest BCUT2D eigenvalue weighted by atomic mass is 10.1. The summed E-state index contributed by atoms with van der Waals surface area (Å²) in [6.45, 7) is 2.05. The van der Waals surface area contributed by atoms with Gasteiger partial charge in [0.15, 0.2) is 5.13 Å². The molecule has 0 spiro atoms. The molecule has 1 heterocycles. The molecule has 6 heteroatoms. The van der Waals surface area contributed by atoms with E-state index in [0.29, 0.717) is 10.8 Å². The second-order valence-corrected chi connectivity index (χ2v) is 8.91. The summed E-state index contributed by atoms with van der Waals surface area (Å²) < 4.78 is 0. The molecule has 1 atom stereocenters. The summed E-state index contributed by atoms with van der Waals surface area (Å²) in [4.78, 5) is 18.7. The zero-order valence-electron chi connectivity index (χ0n) is 16.4. The van der Waals surface area contributed by atoms with E-state index < -0.39 is 5.25 Å². The standard InChI is InChI=1S/C24H21N3OS2/c1-16-10-12-17(13-11-16)21-15-29-24(26-21)27-23(28)22(18-6-3-2-4-7-18)30-20-9-5-8-19(25)14-20/h2-15,22H,25H2,1H3,(H,26,27,28). The number of nitrogens with zero attached hydrogens (tertiary/aromatic N) is 1. The van der Waals surface area contributed by atoms with Crippen LogP contribution in [0, 0.1) is 6.92 Å². The number of thioether (sulfide) groups is 1. The number of aryl methyl sites for hydroxylation is 1. The second kappa shape index (κ2) is 9.15. The molecule has 150 valence electrons. The summed E-state index contributed by atoms with van der Waals surface area (Å²) in [5.41, 5.74) is 10.6. The zero-order chi connectivity index (χ0) is 20.9. The molecule has 0 aliphatic carbocycles. The van der Waals surface area contributed by atoms with Crippen LogP contribution in [0.1, 0.15) is 16.4 Å². The Morgan fingerprint density at radius 1 is 1.03 bits per heavy atom. The third-order valence-electron chi connectivity index (χ3n) is 4.53. The number of carbonyl (C=O) groups excluding carboxylic acids is 1. The van der Waals surface area contributed by atoms with Crippen LogP contribution >= 0.6 is 23.1 Å². The average Bonchev–Trinajstić information content (AvgIpc) is 3.21. The van der Waals surface area contributed by atoms with Gasteiger partial charge in [-0.2, -0.15) is 0 Å². The first kappa shape index (κ1) is 20.2. The Labute approximate surface area is 184 Å². The van der Waals surface area contributed by atoms with Crippen LogP contribution in [-0.4, -0.2) is 10.9 Å². The van der Waals surface area contributed by atoms with Crippen molar-refractivity contribution in [3.05, 3.63) is 95.4 Å². The molecule has 0 aliphatic heterocycles. The van der Waals surface area contributed by atoms with E-state index in [2.05, 4.69) is 29.4 Å². The maximum Gasteiger partial charge on any atom is 0.244 e. The molecule has 0 saturated carbocycles. The van der Waals surface area contributed by atoms with Crippen LogP contribution in [0.15, 0.2) is 89.1 Å². The highest BCUT2D eigenvalue weighted by Crippen LogP contribution is 2.37. The molecule has 0 aliphatic rings. The van der Waals surface area contributed by atoms with Crippen LogP contribution in [-0.2, 0) is 4.79 Å². The summed E-state index contributed by atoms with van der Waals surface area (Å²) in [6, 6.07) is 25.5. The SMILES string of the molecule is Cc1ccc(-c2csc(NC(=O)C(Sc3cccc(N)c3)c3ccccc3)n2)cc1. The van der Waals surface area contributed by atoms with Crippen LogP contribution in [0.3, 0.4) is 0 Å². The topological polar surface area (TPSA) is 68.0 Å². The summed E-state index contributed by atoms with van der Waals surface area (Å²) in [5.74, 6) is -0.113. The molecule has 1 unspecified atom stereocenters. The van der Waals surface area contributed by atoms with Gasteiger partial charge in [0.2, 0.25) is 5.91 Å². The molecule has 4 aromatic rings. The van der Waals surface area contributed by atoms with E-state index in [4.69, 9.17) is 5.73 Å². The lowest BCUT2D eigenvalue weighted by Crippen LogP contribution is -2.19. The van der Waals surface area contributed by atoms with Crippen LogP contribution in [0.2, 0.25) is 0 Å². The fourth-order valence-electron chi connectivity index (χ4n) is 2.98. The van der Waals surface area contributed by atoms with Crippen molar-refractivity contribution in [3.63, 3.8) is 0 Å². The van der Waals surface area contributed by atoms with E-state index in [1.807, 2.05) is 72.1 Å². The van der Waals surface area contributed by atoms with Gasteiger partial charge in [0.05, 0.1) is 5.69 Å². The molecule has 3 aromatic carbocycles. The molecule has 30 heavy (non-hydrogen) atoms. The molecular formula is C24H21N3OS2. The maximum atomic E-state index is 13.2. The predicted octanol–water partition coefficient (Wildman–Crippen LogP) is 6.17. The largest absolute Gasteiger partial charge is 0.399 e. The van der Waals surface area contributed by atoms with Crippen molar-refractivity contribution in [1.82, 2.24) is 4.98 Å². The minimum Gasteiger partial charge on any atom is -0.399 e. The van der Waals surface area contributed by atoms with Crippen LogP contribution in [0.25, 0.3) is 11.3 Å². The van der Waals surface area contributed by atoms with Gasteiger partial charge < -0.3 is 11.1 Å². The number of aromatic nitrogens is 1. The Hall–Kier alpha value is -3.09. The van der Waals surface area contributed by atoms with Gasteiger partial charge >= 0.3 is 0 Å². The number of benzene rings is 3. The molecule has 0 radical (unpaired) electrons. The molecule has 0 fully saturated rings. The average molecular weight is 432 g/mol. The summed E-state index contributed by atoms with van der Waals surface area (Å²) in [6.07, 6.45) is 0. The van der Waals surface area contributed by atoms with E-state index in [1.54, 1.807) is 0 Å². The molecule has 1 aromatic heterocycles. The Bertz CT molecular complexity index is 1140. The fraction of sp³-hybridized carbons (Fsp3) is 0.0833. The van der Waals surface area contributed by atoms with Gasteiger partial charge in [0, 0.05) is 21.5 Å². The number of thiazole rings is 1. The summed E-state index contributed by atoms with van der Waals surface area (Å²) in [5, 5.41) is 5.13. The quantitative estimate of drug-likeness (QED) is 0.283. The van der Waals surface area contributed by atoms with Crippen LogP contribution in [0.5, 0.6) is 0 Å². The number of nitrogen functional groups attached to an aromatic ring is 1. The molecule has 1 amide bonds. The van der Waals surface area contributed by atoms with Gasteiger partial charge in [-0.3, -0.25) is 4.79 Å². The lowest BCUT2D eigenvalue weighted by Gasteiger charge is -2.16. The van der Waals surface area contributed by atoms with E-state index in [-0.39, 0.29) is 5.91 Å².